The number of hydrogen-bond acceptors (Lipinski definition) is 6. The van der Waals surface area contributed by atoms with Gasteiger partial charge < -0.3 is 10.6 Å². The zero-order valence-electron chi connectivity index (χ0n) is 19.9. The van der Waals surface area contributed by atoms with Gasteiger partial charge in [0.25, 0.3) is 0 Å². The number of rotatable bonds is 7. The van der Waals surface area contributed by atoms with Crippen molar-refractivity contribution in [2.24, 2.45) is 0 Å². The Labute approximate surface area is 199 Å². The fraction of sp³-hybridized carbons (Fsp3) is 0.259. The molecular formula is C27H29N7. The molecule has 7 nitrogen and oxygen atoms in total. The number of hydrogen-bond donors (Lipinski definition) is 2. The highest BCUT2D eigenvalue weighted by atomic mass is 15.3. The highest BCUT2D eigenvalue weighted by molar-refractivity contribution is 5.95. The first-order valence-electron chi connectivity index (χ1n) is 11.6. The molecule has 5 rings (SSSR count). The maximum atomic E-state index is 5.13. The summed E-state index contributed by atoms with van der Waals surface area (Å²) in [5.41, 5.74) is 4.32. The number of benzene rings is 2. The zero-order chi connectivity index (χ0) is 23.7. The third kappa shape index (κ3) is 4.34. The average molecular weight is 452 g/mol. The predicted molar refractivity (Wildman–Crippen MR) is 138 cm³/mol. The lowest BCUT2D eigenvalue weighted by molar-refractivity contribution is 0.465. The summed E-state index contributed by atoms with van der Waals surface area (Å²) >= 11 is 0. The largest absolute Gasteiger partial charge is 0.349 e. The molecule has 0 aliphatic carbocycles. The fourth-order valence-corrected chi connectivity index (χ4v) is 4.11. The molecular weight excluding hydrogens is 422 g/mol. The van der Waals surface area contributed by atoms with E-state index in [0.717, 1.165) is 34.6 Å². The first-order valence-corrected chi connectivity index (χ1v) is 11.6. The molecule has 3 aromatic heterocycles. The van der Waals surface area contributed by atoms with Gasteiger partial charge in [-0.05, 0) is 48.4 Å². The molecule has 0 aliphatic rings. The van der Waals surface area contributed by atoms with Crippen molar-refractivity contribution in [1.29, 1.82) is 0 Å². The Hall–Kier alpha value is -3.84. The van der Waals surface area contributed by atoms with E-state index in [1.54, 1.807) is 18.7 Å². The number of fused-ring (bicyclic) bond motifs is 2. The van der Waals surface area contributed by atoms with Gasteiger partial charge >= 0.3 is 0 Å². The van der Waals surface area contributed by atoms with Crippen molar-refractivity contribution < 1.29 is 0 Å². The average Bonchev–Trinajstić information content (AvgIpc) is 3.33. The van der Waals surface area contributed by atoms with Crippen LogP contribution in [0.15, 0.2) is 73.3 Å². The Morgan fingerprint density at radius 1 is 0.941 bits per heavy atom. The molecule has 0 bridgehead atoms. The van der Waals surface area contributed by atoms with Crippen molar-refractivity contribution in [2.45, 2.75) is 39.3 Å². The van der Waals surface area contributed by atoms with E-state index in [4.69, 9.17) is 4.98 Å². The van der Waals surface area contributed by atoms with Crippen LogP contribution in [0.25, 0.3) is 38.8 Å². The van der Waals surface area contributed by atoms with E-state index >= 15 is 0 Å². The van der Waals surface area contributed by atoms with E-state index in [-0.39, 0.29) is 5.54 Å². The van der Waals surface area contributed by atoms with Crippen LogP contribution in [-0.4, -0.2) is 42.7 Å². The Morgan fingerprint density at radius 3 is 2.47 bits per heavy atom. The molecule has 0 aliphatic heterocycles. The lowest BCUT2D eigenvalue weighted by atomic mass is 9.98. The minimum absolute atomic E-state index is 0.242. The first kappa shape index (κ1) is 22.0. The molecule has 0 amide bonds. The normalized spacial score (nSPS) is 12.0. The van der Waals surface area contributed by atoms with Gasteiger partial charge in [0.2, 0.25) is 5.95 Å². The van der Waals surface area contributed by atoms with Crippen molar-refractivity contribution in [3.05, 3.63) is 73.3 Å². The molecule has 0 saturated heterocycles. The zero-order valence-corrected chi connectivity index (χ0v) is 19.9. The van der Waals surface area contributed by atoms with Crippen molar-refractivity contribution in [3.63, 3.8) is 0 Å². The standard InChI is InChI=1S/C27H29N7/c1-18(2)29-16-27(3,4)32-26-31-24(20-11-13-28-14-12-20)23(25-33-30-17-34(25)26)22-10-9-19-7-5-6-8-21(19)15-22/h5-15,17-18,29H,16H2,1-4H3,(H,31,32). The van der Waals surface area contributed by atoms with Gasteiger partial charge in [0.1, 0.15) is 6.33 Å². The van der Waals surface area contributed by atoms with Gasteiger partial charge in [-0.1, -0.05) is 50.2 Å². The Kier molecular flexibility index (Phi) is 5.71. The van der Waals surface area contributed by atoms with E-state index in [1.807, 2.05) is 16.5 Å². The second-order valence-electron chi connectivity index (χ2n) is 9.53. The minimum Gasteiger partial charge on any atom is -0.349 e. The topological polar surface area (TPSA) is 80.0 Å². The molecule has 0 atom stereocenters. The summed E-state index contributed by atoms with van der Waals surface area (Å²) in [7, 11) is 0. The van der Waals surface area contributed by atoms with Crippen molar-refractivity contribution in [1.82, 2.24) is 29.9 Å². The molecule has 0 unspecified atom stereocenters. The molecule has 0 fully saturated rings. The maximum Gasteiger partial charge on any atom is 0.211 e. The van der Waals surface area contributed by atoms with Crippen LogP contribution in [0.5, 0.6) is 0 Å². The van der Waals surface area contributed by atoms with Crippen LogP contribution in [0, 0.1) is 0 Å². The lowest BCUT2D eigenvalue weighted by Gasteiger charge is -2.29. The number of aromatic nitrogens is 5. The maximum absolute atomic E-state index is 5.13. The third-order valence-corrected chi connectivity index (χ3v) is 5.85. The van der Waals surface area contributed by atoms with E-state index < -0.39 is 0 Å². The molecule has 2 N–H and O–H groups in total. The molecule has 0 radical (unpaired) electrons. The SMILES string of the molecule is CC(C)NCC(C)(C)Nc1nc(-c2ccncc2)c(-c2ccc3ccccc3c2)c2nncn12. The second-order valence-corrected chi connectivity index (χ2v) is 9.53. The van der Waals surface area contributed by atoms with Crippen LogP contribution in [0.3, 0.4) is 0 Å². The predicted octanol–water partition coefficient (Wildman–Crippen LogP) is 5.20. The molecule has 7 heteroatoms. The molecule has 3 heterocycles. The van der Waals surface area contributed by atoms with Gasteiger partial charge in [0, 0.05) is 36.1 Å². The Morgan fingerprint density at radius 2 is 1.71 bits per heavy atom. The van der Waals surface area contributed by atoms with E-state index in [0.29, 0.717) is 12.0 Å². The quantitative estimate of drug-likeness (QED) is 0.354. The number of anilines is 1. The minimum atomic E-state index is -0.242. The molecule has 0 saturated carbocycles. The van der Waals surface area contributed by atoms with Crippen LogP contribution < -0.4 is 10.6 Å². The van der Waals surface area contributed by atoms with Gasteiger partial charge in [-0.15, -0.1) is 10.2 Å². The fourth-order valence-electron chi connectivity index (χ4n) is 4.11. The lowest BCUT2D eigenvalue weighted by Crippen LogP contribution is -2.44. The van der Waals surface area contributed by atoms with Crippen LogP contribution >= 0.6 is 0 Å². The molecule has 2 aromatic carbocycles. The molecule has 5 aromatic rings. The van der Waals surface area contributed by atoms with E-state index in [1.165, 1.54) is 10.8 Å². The summed E-state index contributed by atoms with van der Waals surface area (Å²) in [5.74, 6) is 0.701. The van der Waals surface area contributed by atoms with Crippen molar-refractivity contribution >= 4 is 22.4 Å². The van der Waals surface area contributed by atoms with E-state index in [9.17, 15) is 0 Å². The molecule has 172 valence electrons. The summed E-state index contributed by atoms with van der Waals surface area (Å²) < 4.78 is 1.94. The first-order chi connectivity index (χ1) is 16.4. The van der Waals surface area contributed by atoms with E-state index in [2.05, 4.69) is 96.0 Å². The van der Waals surface area contributed by atoms with Gasteiger partial charge in [0.05, 0.1) is 11.3 Å². The summed E-state index contributed by atoms with van der Waals surface area (Å²) in [5, 5.41) is 18.3. The number of pyridine rings is 1. The second kappa shape index (κ2) is 8.83. The summed E-state index contributed by atoms with van der Waals surface area (Å²) in [6, 6.07) is 19.2. The van der Waals surface area contributed by atoms with Gasteiger partial charge in [-0.3, -0.25) is 9.38 Å². The van der Waals surface area contributed by atoms with Gasteiger partial charge in [0.15, 0.2) is 5.65 Å². The molecule has 34 heavy (non-hydrogen) atoms. The van der Waals surface area contributed by atoms with Gasteiger partial charge in [-0.25, -0.2) is 4.98 Å². The Bertz CT molecular complexity index is 1440. The smallest absolute Gasteiger partial charge is 0.211 e. The van der Waals surface area contributed by atoms with Crippen LogP contribution in [-0.2, 0) is 0 Å². The summed E-state index contributed by atoms with van der Waals surface area (Å²) in [4.78, 5) is 9.33. The molecule has 0 spiro atoms. The third-order valence-electron chi connectivity index (χ3n) is 5.85. The van der Waals surface area contributed by atoms with Crippen LogP contribution in [0.4, 0.5) is 5.95 Å². The van der Waals surface area contributed by atoms with Crippen molar-refractivity contribution in [2.75, 3.05) is 11.9 Å². The Balaban J connectivity index is 1.71. The highest BCUT2D eigenvalue weighted by Crippen LogP contribution is 2.36. The van der Waals surface area contributed by atoms with Crippen LogP contribution in [0.1, 0.15) is 27.7 Å². The van der Waals surface area contributed by atoms with Gasteiger partial charge in [-0.2, -0.15) is 0 Å². The monoisotopic (exact) mass is 451 g/mol. The van der Waals surface area contributed by atoms with Crippen molar-refractivity contribution in [3.8, 4) is 22.4 Å². The summed E-state index contributed by atoms with van der Waals surface area (Å²) in [6.45, 7) is 9.39. The number of nitrogens with one attached hydrogen (secondary N) is 2. The number of nitrogens with zero attached hydrogens (tertiary/aromatic N) is 5. The summed E-state index contributed by atoms with van der Waals surface area (Å²) in [6.07, 6.45) is 5.30. The highest BCUT2D eigenvalue weighted by Gasteiger charge is 2.24. The van der Waals surface area contributed by atoms with Crippen LogP contribution in [0.2, 0.25) is 0 Å².